The summed E-state index contributed by atoms with van der Waals surface area (Å²) in [6.45, 7) is 11.4. The number of carbonyl (C=O) groups excluding carboxylic acids is 4. The first-order valence-electron chi connectivity index (χ1n) is 18.8. The number of hydrogen-bond donors (Lipinski definition) is 4. The molecule has 14 nitrogen and oxygen atoms in total. The summed E-state index contributed by atoms with van der Waals surface area (Å²) in [7, 11) is 3.42. The highest BCUT2D eigenvalue weighted by Crippen LogP contribution is 2.32. The lowest BCUT2D eigenvalue weighted by molar-refractivity contribution is -0.152. The van der Waals surface area contributed by atoms with Crippen molar-refractivity contribution >= 4 is 41.0 Å². The first-order chi connectivity index (χ1) is 25.6. The summed E-state index contributed by atoms with van der Waals surface area (Å²) in [5.74, 6) is -3.51. The minimum absolute atomic E-state index is 0.0662. The first-order valence-corrected chi connectivity index (χ1v) is 19.7. The molecule has 1 aliphatic heterocycles. The molecule has 15 heteroatoms. The van der Waals surface area contributed by atoms with Crippen molar-refractivity contribution in [1.82, 2.24) is 25.4 Å². The van der Waals surface area contributed by atoms with Gasteiger partial charge in [0.15, 0.2) is 6.10 Å². The lowest BCUT2D eigenvalue weighted by atomic mass is 9.92. The van der Waals surface area contributed by atoms with E-state index < -0.39 is 48.0 Å². The molecule has 1 aromatic carbocycles. The van der Waals surface area contributed by atoms with Crippen LogP contribution in [-0.4, -0.2) is 106 Å². The number of amides is 3. The molecule has 0 bridgehead atoms. The SMILES string of the molecule is CCC(C)[C@H](NC(=O)[C@H]1CCCCN1C)C(=O)N(COC)[C@H](C[C@@H](OC(C)=O)c1nc(C(=O)N[C@@H](Cc2ccc(O)cc2)C[C@H](C)C(=O)O)cs1)C(C)C. The summed E-state index contributed by atoms with van der Waals surface area (Å²) in [5.41, 5.74) is 0.875. The number of likely N-dealkylation sites (N-methyl/N-ethyl adjacent to an activating group) is 1. The largest absolute Gasteiger partial charge is 0.508 e. The third-order valence-corrected chi connectivity index (χ3v) is 11.1. The molecule has 7 atom stereocenters. The predicted octanol–water partition coefficient (Wildman–Crippen LogP) is 4.77. The Bertz CT molecular complexity index is 1550. The van der Waals surface area contributed by atoms with Gasteiger partial charge in [-0.25, -0.2) is 4.98 Å². The van der Waals surface area contributed by atoms with E-state index >= 15 is 0 Å². The molecule has 2 heterocycles. The monoisotopic (exact) mass is 773 g/mol. The average molecular weight is 774 g/mol. The van der Waals surface area contributed by atoms with Gasteiger partial charge in [0.2, 0.25) is 11.8 Å². The van der Waals surface area contributed by atoms with Gasteiger partial charge in [-0.2, -0.15) is 0 Å². The second-order valence-electron chi connectivity index (χ2n) is 14.8. The Morgan fingerprint density at radius 2 is 1.74 bits per heavy atom. The number of aliphatic carboxylic acids is 1. The first kappa shape index (κ1) is 44.3. The van der Waals surface area contributed by atoms with Crippen LogP contribution in [0.15, 0.2) is 29.6 Å². The molecule has 3 amide bonds. The normalized spacial score (nSPS) is 18.1. The van der Waals surface area contributed by atoms with Crippen molar-refractivity contribution in [2.24, 2.45) is 17.8 Å². The highest BCUT2D eigenvalue weighted by atomic mass is 32.1. The number of benzene rings is 1. The van der Waals surface area contributed by atoms with Crippen LogP contribution in [0.5, 0.6) is 5.75 Å². The Kier molecular flexibility index (Phi) is 17.3. The van der Waals surface area contributed by atoms with Crippen LogP contribution in [0, 0.1) is 17.8 Å². The molecule has 0 spiro atoms. The fourth-order valence-electron chi connectivity index (χ4n) is 6.79. The number of carbonyl (C=O) groups is 5. The number of nitrogens with one attached hydrogen (secondary N) is 2. The number of methoxy groups -OCH3 is 1. The second-order valence-corrected chi connectivity index (χ2v) is 15.7. The van der Waals surface area contributed by atoms with E-state index in [1.165, 1.54) is 26.2 Å². The van der Waals surface area contributed by atoms with Gasteiger partial charge in [-0.1, -0.05) is 59.6 Å². The van der Waals surface area contributed by atoms with Crippen LogP contribution in [0.2, 0.25) is 0 Å². The van der Waals surface area contributed by atoms with Crippen LogP contribution in [0.25, 0.3) is 0 Å². The predicted molar refractivity (Wildman–Crippen MR) is 205 cm³/mol. The summed E-state index contributed by atoms with van der Waals surface area (Å²) >= 11 is 1.14. The fourth-order valence-corrected chi connectivity index (χ4v) is 7.63. The molecule has 2 aromatic rings. The van der Waals surface area contributed by atoms with Crippen molar-refractivity contribution < 1.29 is 43.7 Å². The number of phenols is 1. The molecule has 3 rings (SSSR count). The van der Waals surface area contributed by atoms with E-state index in [9.17, 15) is 34.2 Å². The number of nitrogens with zero attached hydrogens (tertiary/aromatic N) is 3. The molecule has 0 radical (unpaired) electrons. The number of aromatic nitrogens is 1. The topological polar surface area (TPSA) is 188 Å². The van der Waals surface area contributed by atoms with Crippen LogP contribution in [0.1, 0.15) is 107 Å². The Balaban J connectivity index is 1.88. The molecular weight excluding hydrogens is 715 g/mol. The van der Waals surface area contributed by atoms with Crippen molar-refractivity contribution in [2.75, 3.05) is 27.4 Å². The van der Waals surface area contributed by atoms with Crippen molar-refractivity contribution in [3.8, 4) is 5.75 Å². The minimum atomic E-state index is -0.990. The second kappa shape index (κ2) is 21.1. The zero-order chi connectivity index (χ0) is 40.1. The number of carboxylic acids is 1. The quantitative estimate of drug-likeness (QED) is 0.107. The van der Waals surface area contributed by atoms with Crippen LogP contribution < -0.4 is 10.6 Å². The van der Waals surface area contributed by atoms with E-state index in [0.717, 1.165) is 42.7 Å². The molecular formula is C39H59N5O9S. The van der Waals surface area contributed by atoms with Gasteiger partial charge in [0.1, 0.15) is 29.2 Å². The standard InChI is InChI=1S/C39H59N5O9S/c1-9-24(4)34(42-36(48)31-12-10-11-17-43(31)7)38(49)44(22-52-8)32(23(2)3)20-33(53-26(6)45)37-41-30(21-54-37)35(47)40-28(18-25(5)39(50)51)19-27-13-15-29(46)16-14-27/h13-16,21,23-25,28,31-34,46H,9-12,17-20,22H2,1-8H3,(H,40,47)(H,42,48)(H,50,51)/t24?,25-,28+,31+,32+,33+,34-/m0/s1. The maximum atomic E-state index is 14.5. The van der Waals surface area contributed by atoms with Crippen LogP contribution in [0.4, 0.5) is 0 Å². The number of esters is 1. The molecule has 300 valence electrons. The molecule has 4 N–H and O–H groups in total. The van der Waals surface area contributed by atoms with Crippen molar-refractivity contribution in [1.29, 1.82) is 0 Å². The van der Waals surface area contributed by atoms with E-state index in [1.807, 2.05) is 39.6 Å². The maximum Gasteiger partial charge on any atom is 0.306 e. The molecule has 0 saturated carbocycles. The van der Waals surface area contributed by atoms with Crippen LogP contribution in [-0.2, 0) is 35.1 Å². The van der Waals surface area contributed by atoms with E-state index in [1.54, 1.807) is 29.3 Å². The number of aromatic hydroxyl groups is 1. The maximum absolute atomic E-state index is 14.5. The fraction of sp³-hybridized carbons (Fsp3) is 0.641. The summed E-state index contributed by atoms with van der Waals surface area (Å²) in [6, 6.07) is 4.27. The van der Waals surface area contributed by atoms with Crippen LogP contribution >= 0.6 is 11.3 Å². The Labute approximate surface area is 323 Å². The third-order valence-electron chi connectivity index (χ3n) is 10.2. The summed E-state index contributed by atoms with van der Waals surface area (Å²) in [4.78, 5) is 73.9. The molecule has 0 aliphatic carbocycles. The number of carboxylic acid groups (broad SMARTS) is 1. The van der Waals surface area contributed by atoms with Crippen LogP contribution in [0.3, 0.4) is 0 Å². The van der Waals surface area contributed by atoms with E-state index in [-0.39, 0.29) is 60.7 Å². The van der Waals surface area contributed by atoms with E-state index in [2.05, 4.69) is 15.6 Å². The lowest BCUT2D eigenvalue weighted by Crippen LogP contribution is -2.59. The van der Waals surface area contributed by atoms with Gasteiger partial charge in [0.25, 0.3) is 5.91 Å². The average Bonchev–Trinajstić information content (AvgIpc) is 3.62. The van der Waals surface area contributed by atoms with Gasteiger partial charge in [-0.3, -0.25) is 28.9 Å². The Morgan fingerprint density at radius 3 is 2.31 bits per heavy atom. The molecule has 1 aliphatic rings. The zero-order valence-electron chi connectivity index (χ0n) is 32.9. The van der Waals surface area contributed by atoms with Gasteiger partial charge >= 0.3 is 11.9 Å². The number of rotatable bonds is 20. The number of hydrogen-bond acceptors (Lipinski definition) is 11. The third kappa shape index (κ3) is 12.8. The van der Waals surface area contributed by atoms with Crippen molar-refractivity contribution in [3.63, 3.8) is 0 Å². The molecule has 1 unspecified atom stereocenters. The Hall–Kier alpha value is -4.08. The van der Waals surface area contributed by atoms with Crippen molar-refractivity contribution in [3.05, 3.63) is 45.9 Å². The summed E-state index contributed by atoms with van der Waals surface area (Å²) in [6.07, 6.45) is 3.04. The van der Waals surface area contributed by atoms with Gasteiger partial charge in [0, 0.05) is 37.9 Å². The number of likely N-dealkylation sites (tertiary alicyclic amines) is 1. The van der Waals surface area contributed by atoms with Gasteiger partial charge < -0.3 is 35.2 Å². The smallest absolute Gasteiger partial charge is 0.306 e. The number of ether oxygens (including phenoxy) is 2. The minimum Gasteiger partial charge on any atom is -0.508 e. The number of phenolic OH excluding ortho intramolecular Hbond substituents is 1. The highest BCUT2D eigenvalue weighted by molar-refractivity contribution is 7.09. The Morgan fingerprint density at radius 1 is 1.06 bits per heavy atom. The number of piperidine rings is 1. The summed E-state index contributed by atoms with van der Waals surface area (Å²) in [5, 5.41) is 27.1. The molecule has 1 fully saturated rings. The van der Waals surface area contributed by atoms with Gasteiger partial charge in [-0.05, 0) is 68.8 Å². The molecule has 54 heavy (non-hydrogen) atoms. The van der Waals surface area contributed by atoms with E-state index in [4.69, 9.17) is 9.47 Å². The highest BCUT2D eigenvalue weighted by Gasteiger charge is 2.39. The lowest BCUT2D eigenvalue weighted by Gasteiger charge is -2.39. The van der Waals surface area contributed by atoms with Crippen molar-refractivity contribution in [2.45, 2.75) is 117 Å². The van der Waals surface area contributed by atoms with Gasteiger partial charge in [-0.15, -0.1) is 11.3 Å². The molecule has 1 aromatic heterocycles. The number of thiazole rings is 1. The molecule has 1 saturated heterocycles. The summed E-state index contributed by atoms with van der Waals surface area (Å²) < 4.78 is 11.3. The van der Waals surface area contributed by atoms with Gasteiger partial charge in [0.05, 0.1) is 12.0 Å². The van der Waals surface area contributed by atoms with E-state index in [0.29, 0.717) is 17.8 Å². The zero-order valence-corrected chi connectivity index (χ0v) is 33.7.